The Kier molecular flexibility index (Phi) is 5.42. The molecule has 1 aromatic rings. The van der Waals surface area contributed by atoms with Crippen molar-refractivity contribution < 1.29 is 17.9 Å². The van der Waals surface area contributed by atoms with Crippen LogP contribution in [0.25, 0.3) is 0 Å². The van der Waals surface area contributed by atoms with Crippen molar-refractivity contribution in [3.8, 4) is 5.75 Å². The number of nitrogens with zero attached hydrogens (tertiary/aromatic N) is 1. The molecule has 6 nitrogen and oxygen atoms in total. The van der Waals surface area contributed by atoms with Gasteiger partial charge in [0, 0.05) is 25.6 Å². The number of rotatable bonds is 6. The quantitative estimate of drug-likeness (QED) is 0.855. The van der Waals surface area contributed by atoms with Gasteiger partial charge in [-0.25, -0.2) is 8.42 Å². The minimum Gasteiger partial charge on any atom is -0.494 e. The third-order valence-corrected chi connectivity index (χ3v) is 5.71. The van der Waals surface area contributed by atoms with Crippen molar-refractivity contribution in [2.45, 2.75) is 31.1 Å². The van der Waals surface area contributed by atoms with E-state index in [1.54, 1.807) is 24.3 Å². The average Bonchev–Trinajstić information content (AvgIpc) is 2.48. The summed E-state index contributed by atoms with van der Waals surface area (Å²) in [5, 5.41) is 0. The van der Waals surface area contributed by atoms with E-state index in [1.807, 2.05) is 6.92 Å². The van der Waals surface area contributed by atoms with Crippen LogP contribution in [0, 0.1) is 5.92 Å². The number of benzene rings is 1. The Morgan fingerprint density at radius 3 is 2.64 bits per heavy atom. The van der Waals surface area contributed by atoms with Crippen LogP contribution in [-0.4, -0.2) is 38.3 Å². The maximum absolute atomic E-state index is 12.7. The molecule has 1 fully saturated rings. The number of hydrogen-bond donors (Lipinski definition) is 1. The summed E-state index contributed by atoms with van der Waals surface area (Å²) in [7, 11) is -3.52. The van der Waals surface area contributed by atoms with Gasteiger partial charge in [0.1, 0.15) is 5.75 Å². The first-order valence-corrected chi connectivity index (χ1v) is 8.88. The molecule has 0 bridgehead atoms. The molecule has 7 heteroatoms. The maximum atomic E-state index is 12.7. The van der Waals surface area contributed by atoms with Crippen LogP contribution < -0.4 is 10.5 Å². The number of sulfonamides is 1. The molecule has 0 atom stereocenters. The minimum absolute atomic E-state index is 0.179. The summed E-state index contributed by atoms with van der Waals surface area (Å²) in [6.45, 7) is 3.17. The SMILES string of the molecule is CCOc1cccc(S(=O)(=O)N2CCC(CC(N)=O)CC2)c1. The fraction of sp³-hybridized carbons (Fsp3) is 0.533. The summed E-state index contributed by atoms with van der Waals surface area (Å²) >= 11 is 0. The lowest BCUT2D eigenvalue weighted by molar-refractivity contribution is -0.119. The van der Waals surface area contributed by atoms with Gasteiger partial charge in [-0.1, -0.05) is 6.07 Å². The van der Waals surface area contributed by atoms with Crippen LogP contribution in [0.15, 0.2) is 29.2 Å². The van der Waals surface area contributed by atoms with Crippen LogP contribution in [0.3, 0.4) is 0 Å². The topological polar surface area (TPSA) is 89.7 Å². The molecular weight excluding hydrogens is 304 g/mol. The van der Waals surface area contributed by atoms with E-state index < -0.39 is 10.0 Å². The van der Waals surface area contributed by atoms with Gasteiger partial charge in [0.15, 0.2) is 0 Å². The standard InChI is InChI=1S/C15H22N2O4S/c1-2-21-13-4-3-5-14(11-13)22(19,20)17-8-6-12(7-9-17)10-15(16)18/h3-5,11-12H,2,6-10H2,1H3,(H2,16,18). The van der Waals surface area contributed by atoms with Crippen molar-refractivity contribution >= 4 is 15.9 Å². The first kappa shape index (κ1) is 16.8. The highest BCUT2D eigenvalue weighted by molar-refractivity contribution is 7.89. The van der Waals surface area contributed by atoms with E-state index >= 15 is 0 Å². The highest BCUT2D eigenvalue weighted by atomic mass is 32.2. The Bertz CT molecular complexity index is 622. The number of ether oxygens (including phenoxy) is 1. The number of nitrogens with two attached hydrogens (primary N) is 1. The highest BCUT2D eigenvalue weighted by Crippen LogP contribution is 2.27. The van der Waals surface area contributed by atoms with Crippen LogP contribution >= 0.6 is 0 Å². The van der Waals surface area contributed by atoms with Gasteiger partial charge in [-0.3, -0.25) is 4.79 Å². The van der Waals surface area contributed by atoms with Crippen LogP contribution in [-0.2, 0) is 14.8 Å². The molecule has 1 amide bonds. The molecule has 2 rings (SSSR count). The second kappa shape index (κ2) is 7.11. The normalized spacial score (nSPS) is 17.3. The highest BCUT2D eigenvalue weighted by Gasteiger charge is 2.30. The fourth-order valence-corrected chi connectivity index (χ4v) is 4.18. The summed E-state index contributed by atoms with van der Waals surface area (Å²) in [6, 6.07) is 6.54. The molecule has 0 aliphatic carbocycles. The van der Waals surface area contributed by atoms with Crippen LogP contribution in [0.4, 0.5) is 0 Å². The fourth-order valence-electron chi connectivity index (χ4n) is 2.68. The summed E-state index contributed by atoms with van der Waals surface area (Å²) in [5.41, 5.74) is 5.20. The van der Waals surface area contributed by atoms with E-state index in [-0.39, 0.29) is 16.7 Å². The van der Waals surface area contributed by atoms with Crippen molar-refractivity contribution in [3.63, 3.8) is 0 Å². The largest absolute Gasteiger partial charge is 0.494 e. The molecule has 122 valence electrons. The zero-order valence-corrected chi connectivity index (χ0v) is 13.5. The van der Waals surface area contributed by atoms with E-state index in [9.17, 15) is 13.2 Å². The predicted octanol–water partition coefficient (Wildman–Crippen LogP) is 1.36. The number of carbonyl (C=O) groups excluding carboxylic acids is 1. The molecule has 1 saturated heterocycles. The molecule has 1 aliphatic rings. The van der Waals surface area contributed by atoms with Crippen LogP contribution in [0.1, 0.15) is 26.2 Å². The zero-order chi connectivity index (χ0) is 16.2. The predicted molar refractivity (Wildman–Crippen MR) is 82.9 cm³/mol. The van der Waals surface area contributed by atoms with Crippen LogP contribution in [0.2, 0.25) is 0 Å². The van der Waals surface area contributed by atoms with Gasteiger partial charge in [0.25, 0.3) is 0 Å². The number of piperidine rings is 1. The first-order valence-electron chi connectivity index (χ1n) is 7.44. The lowest BCUT2D eigenvalue weighted by Gasteiger charge is -2.30. The monoisotopic (exact) mass is 326 g/mol. The average molecular weight is 326 g/mol. The second-order valence-electron chi connectivity index (χ2n) is 5.43. The Morgan fingerprint density at radius 1 is 1.36 bits per heavy atom. The van der Waals surface area contributed by atoms with Gasteiger partial charge in [-0.05, 0) is 37.8 Å². The van der Waals surface area contributed by atoms with E-state index in [1.165, 1.54) is 4.31 Å². The summed E-state index contributed by atoms with van der Waals surface area (Å²) in [5.74, 6) is 0.400. The van der Waals surface area contributed by atoms with Crippen molar-refractivity contribution in [1.82, 2.24) is 4.31 Å². The molecular formula is C15H22N2O4S. The molecule has 0 radical (unpaired) electrons. The summed E-state index contributed by atoms with van der Waals surface area (Å²) in [6.07, 6.45) is 1.65. The zero-order valence-electron chi connectivity index (χ0n) is 12.7. The smallest absolute Gasteiger partial charge is 0.243 e. The van der Waals surface area contributed by atoms with Crippen molar-refractivity contribution in [3.05, 3.63) is 24.3 Å². The Hall–Kier alpha value is -1.60. The van der Waals surface area contributed by atoms with Gasteiger partial charge in [0.2, 0.25) is 15.9 Å². The first-order chi connectivity index (χ1) is 10.4. The summed E-state index contributed by atoms with van der Waals surface area (Å²) in [4.78, 5) is 11.2. The molecule has 0 unspecified atom stereocenters. The second-order valence-corrected chi connectivity index (χ2v) is 7.36. The lowest BCUT2D eigenvalue weighted by Crippen LogP contribution is -2.39. The molecule has 2 N–H and O–H groups in total. The van der Waals surface area contributed by atoms with Gasteiger partial charge in [0.05, 0.1) is 11.5 Å². The molecule has 0 aromatic heterocycles. The third-order valence-electron chi connectivity index (χ3n) is 3.82. The van der Waals surface area contributed by atoms with E-state index in [4.69, 9.17) is 10.5 Å². The third kappa shape index (κ3) is 3.98. The lowest BCUT2D eigenvalue weighted by atomic mass is 9.94. The number of primary amides is 1. The van der Waals surface area contributed by atoms with E-state index in [0.717, 1.165) is 0 Å². The van der Waals surface area contributed by atoms with Gasteiger partial charge in [-0.2, -0.15) is 4.31 Å². The van der Waals surface area contributed by atoms with Gasteiger partial charge >= 0.3 is 0 Å². The molecule has 1 heterocycles. The number of hydrogen-bond acceptors (Lipinski definition) is 4. The molecule has 1 aliphatic heterocycles. The van der Waals surface area contributed by atoms with Gasteiger partial charge in [-0.15, -0.1) is 0 Å². The Balaban J connectivity index is 2.08. The van der Waals surface area contributed by atoms with Crippen molar-refractivity contribution in [2.75, 3.05) is 19.7 Å². The Labute approximate surface area is 131 Å². The van der Waals surface area contributed by atoms with Gasteiger partial charge < -0.3 is 10.5 Å². The van der Waals surface area contributed by atoms with Crippen molar-refractivity contribution in [1.29, 1.82) is 0 Å². The number of amides is 1. The molecule has 0 spiro atoms. The molecule has 1 aromatic carbocycles. The molecule has 22 heavy (non-hydrogen) atoms. The van der Waals surface area contributed by atoms with E-state index in [2.05, 4.69) is 0 Å². The maximum Gasteiger partial charge on any atom is 0.243 e. The number of carbonyl (C=O) groups is 1. The van der Waals surface area contributed by atoms with Crippen molar-refractivity contribution in [2.24, 2.45) is 11.7 Å². The van der Waals surface area contributed by atoms with E-state index in [0.29, 0.717) is 44.7 Å². The molecule has 0 saturated carbocycles. The Morgan fingerprint density at radius 2 is 2.05 bits per heavy atom. The minimum atomic E-state index is -3.52. The van der Waals surface area contributed by atoms with Crippen LogP contribution in [0.5, 0.6) is 5.75 Å². The summed E-state index contributed by atoms with van der Waals surface area (Å²) < 4.78 is 32.1.